The lowest BCUT2D eigenvalue weighted by molar-refractivity contribution is -0.121. The molecule has 22 heavy (non-hydrogen) atoms. The van der Waals surface area contributed by atoms with Crippen molar-refractivity contribution in [3.63, 3.8) is 0 Å². The molecule has 118 valence electrons. The number of nitrogens with one attached hydrogen (secondary N) is 1. The zero-order chi connectivity index (χ0) is 16.0. The first-order valence-electron chi connectivity index (χ1n) is 6.88. The second-order valence-electron chi connectivity index (χ2n) is 5.09. The average molecular weight is 339 g/mol. The van der Waals surface area contributed by atoms with E-state index in [1.807, 2.05) is 16.8 Å². The molecule has 0 saturated heterocycles. The van der Waals surface area contributed by atoms with Crippen LogP contribution < -0.4 is 5.32 Å². The highest BCUT2D eigenvalue weighted by Gasteiger charge is 2.24. The fourth-order valence-electron chi connectivity index (χ4n) is 1.85. The lowest BCUT2D eigenvalue weighted by Gasteiger charge is -2.22. The van der Waals surface area contributed by atoms with E-state index >= 15 is 0 Å². The molecule has 0 aliphatic rings. The number of amides is 1. The molecule has 1 aromatic carbocycles. The molecule has 1 aromatic heterocycles. The number of rotatable bonds is 7. The van der Waals surface area contributed by atoms with E-state index in [1.54, 1.807) is 25.1 Å². The van der Waals surface area contributed by atoms with Crippen molar-refractivity contribution in [2.45, 2.75) is 23.8 Å². The van der Waals surface area contributed by atoms with Gasteiger partial charge in [-0.3, -0.25) is 4.79 Å². The molecule has 0 spiro atoms. The van der Waals surface area contributed by atoms with Crippen LogP contribution in [0.5, 0.6) is 0 Å². The molecule has 0 saturated carbocycles. The van der Waals surface area contributed by atoms with Gasteiger partial charge in [-0.1, -0.05) is 12.1 Å². The minimum atomic E-state index is -1.08. The molecular formula is C16H18FNO2S2. The molecule has 1 amide bonds. The Labute approximate surface area is 137 Å². The van der Waals surface area contributed by atoms with Gasteiger partial charge in [-0.2, -0.15) is 11.3 Å². The summed E-state index contributed by atoms with van der Waals surface area (Å²) >= 11 is 2.81. The van der Waals surface area contributed by atoms with Crippen LogP contribution in [0.2, 0.25) is 0 Å². The van der Waals surface area contributed by atoms with E-state index in [0.29, 0.717) is 10.6 Å². The van der Waals surface area contributed by atoms with Crippen LogP contribution in [0.15, 0.2) is 46.0 Å². The quantitative estimate of drug-likeness (QED) is 0.760. The Hall–Kier alpha value is -1.37. The Bertz CT molecular complexity index is 614. The minimum Gasteiger partial charge on any atom is -0.384 e. The maximum Gasteiger partial charge on any atom is 0.220 e. The SMILES string of the molecule is CC(O)(CNC(=O)CCSc1ccccc1F)c1ccsc1. The second kappa shape index (κ2) is 7.76. The van der Waals surface area contributed by atoms with Crippen LogP contribution in [-0.4, -0.2) is 23.3 Å². The molecule has 1 atom stereocenters. The van der Waals surface area contributed by atoms with Crippen molar-refractivity contribution in [2.24, 2.45) is 0 Å². The van der Waals surface area contributed by atoms with Crippen molar-refractivity contribution < 1.29 is 14.3 Å². The summed E-state index contributed by atoms with van der Waals surface area (Å²) in [5.74, 6) is 0.0699. The van der Waals surface area contributed by atoms with Crippen LogP contribution in [-0.2, 0) is 10.4 Å². The minimum absolute atomic E-state index is 0.153. The number of aliphatic hydroxyl groups is 1. The first-order valence-corrected chi connectivity index (χ1v) is 8.81. The highest BCUT2D eigenvalue weighted by atomic mass is 32.2. The Morgan fingerprint density at radius 1 is 1.41 bits per heavy atom. The highest BCUT2D eigenvalue weighted by Crippen LogP contribution is 2.23. The lowest BCUT2D eigenvalue weighted by atomic mass is 9.99. The predicted octanol–water partition coefficient (Wildman–Crippen LogP) is 3.39. The van der Waals surface area contributed by atoms with Crippen molar-refractivity contribution in [3.8, 4) is 0 Å². The molecule has 1 unspecified atom stereocenters. The summed E-state index contributed by atoms with van der Waals surface area (Å²) in [6.07, 6.45) is 0.277. The van der Waals surface area contributed by atoms with Gasteiger partial charge in [0.25, 0.3) is 0 Å². The van der Waals surface area contributed by atoms with E-state index in [2.05, 4.69) is 5.32 Å². The van der Waals surface area contributed by atoms with Gasteiger partial charge in [0, 0.05) is 17.1 Å². The largest absolute Gasteiger partial charge is 0.384 e. The number of carbonyl (C=O) groups excluding carboxylic acids is 1. The Kier molecular flexibility index (Phi) is 5.99. The summed E-state index contributed by atoms with van der Waals surface area (Å²) in [6, 6.07) is 8.34. The molecule has 0 aliphatic heterocycles. The van der Waals surface area contributed by atoms with Gasteiger partial charge in [0.05, 0.1) is 6.54 Å². The van der Waals surface area contributed by atoms with Crippen LogP contribution in [0.25, 0.3) is 0 Å². The molecule has 2 N–H and O–H groups in total. The van der Waals surface area contributed by atoms with E-state index in [4.69, 9.17) is 0 Å². The van der Waals surface area contributed by atoms with E-state index in [1.165, 1.54) is 29.2 Å². The van der Waals surface area contributed by atoms with E-state index in [0.717, 1.165) is 5.56 Å². The normalized spacial score (nSPS) is 13.6. The monoisotopic (exact) mass is 339 g/mol. The topological polar surface area (TPSA) is 49.3 Å². The zero-order valence-electron chi connectivity index (χ0n) is 12.2. The van der Waals surface area contributed by atoms with Crippen LogP contribution in [0, 0.1) is 5.82 Å². The molecular weight excluding hydrogens is 321 g/mol. The molecule has 2 rings (SSSR count). The summed E-state index contributed by atoms with van der Waals surface area (Å²) < 4.78 is 13.4. The molecule has 6 heteroatoms. The third-order valence-electron chi connectivity index (χ3n) is 3.20. The zero-order valence-corrected chi connectivity index (χ0v) is 13.8. The maximum absolute atomic E-state index is 13.4. The van der Waals surface area contributed by atoms with Crippen molar-refractivity contribution in [2.75, 3.05) is 12.3 Å². The van der Waals surface area contributed by atoms with Gasteiger partial charge in [-0.05, 0) is 41.4 Å². The molecule has 3 nitrogen and oxygen atoms in total. The van der Waals surface area contributed by atoms with Crippen molar-refractivity contribution in [1.29, 1.82) is 0 Å². The Morgan fingerprint density at radius 2 is 2.18 bits per heavy atom. The van der Waals surface area contributed by atoms with Crippen molar-refractivity contribution in [1.82, 2.24) is 5.32 Å². The number of carbonyl (C=O) groups is 1. The fraction of sp³-hybridized carbons (Fsp3) is 0.312. The van der Waals surface area contributed by atoms with E-state index in [-0.39, 0.29) is 24.7 Å². The van der Waals surface area contributed by atoms with Gasteiger partial charge >= 0.3 is 0 Å². The summed E-state index contributed by atoms with van der Waals surface area (Å²) in [7, 11) is 0. The van der Waals surface area contributed by atoms with Gasteiger partial charge in [-0.15, -0.1) is 11.8 Å². The molecule has 2 aromatic rings. The first-order chi connectivity index (χ1) is 10.5. The molecule has 0 fully saturated rings. The van der Waals surface area contributed by atoms with E-state index in [9.17, 15) is 14.3 Å². The van der Waals surface area contributed by atoms with Crippen molar-refractivity contribution >= 4 is 29.0 Å². The average Bonchev–Trinajstić information content (AvgIpc) is 3.02. The van der Waals surface area contributed by atoms with Gasteiger partial charge in [0.1, 0.15) is 11.4 Å². The molecule has 1 heterocycles. The fourth-order valence-corrected chi connectivity index (χ4v) is 3.52. The third kappa shape index (κ3) is 4.83. The summed E-state index contributed by atoms with van der Waals surface area (Å²) in [5.41, 5.74) is -0.285. The lowest BCUT2D eigenvalue weighted by Crippen LogP contribution is -2.38. The molecule has 0 radical (unpaired) electrons. The summed E-state index contributed by atoms with van der Waals surface area (Å²) in [5, 5.41) is 16.8. The molecule has 0 bridgehead atoms. The predicted molar refractivity (Wildman–Crippen MR) is 88.6 cm³/mol. The van der Waals surface area contributed by atoms with Crippen LogP contribution >= 0.6 is 23.1 Å². The van der Waals surface area contributed by atoms with Crippen LogP contribution in [0.3, 0.4) is 0 Å². The van der Waals surface area contributed by atoms with Crippen molar-refractivity contribution in [3.05, 3.63) is 52.5 Å². The van der Waals surface area contributed by atoms with Gasteiger partial charge in [-0.25, -0.2) is 4.39 Å². The van der Waals surface area contributed by atoms with Crippen LogP contribution in [0.1, 0.15) is 18.9 Å². The number of benzene rings is 1. The summed E-state index contributed by atoms with van der Waals surface area (Å²) in [6.45, 7) is 1.83. The third-order valence-corrected chi connectivity index (χ3v) is 4.93. The van der Waals surface area contributed by atoms with Gasteiger partial charge in [0.15, 0.2) is 0 Å². The smallest absolute Gasteiger partial charge is 0.220 e. The Morgan fingerprint density at radius 3 is 2.86 bits per heavy atom. The van der Waals surface area contributed by atoms with Crippen LogP contribution in [0.4, 0.5) is 4.39 Å². The maximum atomic E-state index is 13.4. The summed E-state index contributed by atoms with van der Waals surface area (Å²) in [4.78, 5) is 12.3. The van der Waals surface area contributed by atoms with Gasteiger partial charge in [0.2, 0.25) is 5.91 Å². The number of halogens is 1. The number of hydrogen-bond acceptors (Lipinski definition) is 4. The first kappa shape index (κ1) is 17.0. The van der Waals surface area contributed by atoms with E-state index < -0.39 is 5.60 Å². The second-order valence-corrected chi connectivity index (χ2v) is 7.01. The standard InChI is InChI=1S/C16H18FNO2S2/c1-16(20,12-6-8-21-10-12)11-18-15(19)7-9-22-14-5-3-2-4-13(14)17/h2-6,8,10,20H,7,9,11H2,1H3,(H,18,19). The number of thiophene rings is 1. The number of thioether (sulfide) groups is 1. The number of hydrogen-bond donors (Lipinski definition) is 2. The van der Waals surface area contributed by atoms with Gasteiger partial charge < -0.3 is 10.4 Å². The highest BCUT2D eigenvalue weighted by molar-refractivity contribution is 7.99. The molecule has 0 aliphatic carbocycles. The Balaban J connectivity index is 1.73.